The number of benzene rings is 1. The molecule has 132 valence electrons. The van der Waals surface area contributed by atoms with Crippen molar-refractivity contribution in [2.24, 2.45) is 0 Å². The number of ether oxygens (including phenoxy) is 1. The van der Waals surface area contributed by atoms with Crippen molar-refractivity contribution in [1.82, 2.24) is 9.36 Å². The van der Waals surface area contributed by atoms with Crippen LogP contribution >= 0.6 is 11.5 Å². The van der Waals surface area contributed by atoms with Crippen molar-refractivity contribution in [3.05, 3.63) is 40.6 Å². The lowest BCUT2D eigenvalue weighted by Crippen LogP contribution is -2.14. The summed E-state index contributed by atoms with van der Waals surface area (Å²) in [7, 11) is 0. The number of fused-ring (bicyclic) bond motifs is 1. The largest absolute Gasteiger partial charge is 0.488 e. The first-order valence-electron chi connectivity index (χ1n) is 8.96. The highest BCUT2D eigenvalue weighted by Crippen LogP contribution is 2.39. The Labute approximate surface area is 154 Å². The molecule has 0 aliphatic rings. The highest BCUT2D eigenvalue weighted by molar-refractivity contribution is 7.11. The maximum absolute atomic E-state index is 6.24. The first-order valence-corrected chi connectivity index (χ1v) is 9.73. The van der Waals surface area contributed by atoms with Crippen LogP contribution in [0.15, 0.2) is 18.2 Å². The van der Waals surface area contributed by atoms with E-state index in [1.165, 1.54) is 33.8 Å². The zero-order valence-corrected chi connectivity index (χ0v) is 16.8. The second-order valence-electron chi connectivity index (χ2n) is 6.80. The molecule has 0 aliphatic heterocycles. The van der Waals surface area contributed by atoms with Gasteiger partial charge in [0.15, 0.2) is 0 Å². The summed E-state index contributed by atoms with van der Waals surface area (Å²) in [6, 6.07) is 6.47. The van der Waals surface area contributed by atoms with Crippen LogP contribution in [0.4, 0.5) is 0 Å². The SMILES string of the molecule is CCC(CC)Oc1cc(C)nc2c(-c3c(C)cc(C)cc3C)snc12. The van der Waals surface area contributed by atoms with Gasteiger partial charge in [0.2, 0.25) is 0 Å². The molecule has 0 saturated heterocycles. The van der Waals surface area contributed by atoms with E-state index in [0.29, 0.717) is 0 Å². The molecule has 25 heavy (non-hydrogen) atoms. The van der Waals surface area contributed by atoms with Crippen LogP contribution in [0.3, 0.4) is 0 Å². The van der Waals surface area contributed by atoms with Crippen LogP contribution in [-0.4, -0.2) is 15.5 Å². The zero-order chi connectivity index (χ0) is 18.1. The fourth-order valence-electron chi connectivity index (χ4n) is 3.44. The van der Waals surface area contributed by atoms with Gasteiger partial charge < -0.3 is 4.74 Å². The lowest BCUT2D eigenvalue weighted by Gasteiger charge is -2.16. The monoisotopic (exact) mass is 354 g/mol. The molecule has 0 atom stereocenters. The van der Waals surface area contributed by atoms with Gasteiger partial charge in [-0.3, -0.25) is 0 Å². The highest BCUT2D eigenvalue weighted by Gasteiger charge is 2.19. The van der Waals surface area contributed by atoms with Gasteiger partial charge in [-0.2, -0.15) is 4.37 Å². The summed E-state index contributed by atoms with van der Waals surface area (Å²) < 4.78 is 11.0. The van der Waals surface area contributed by atoms with Crippen molar-refractivity contribution >= 4 is 22.6 Å². The van der Waals surface area contributed by atoms with E-state index in [2.05, 4.69) is 46.8 Å². The van der Waals surface area contributed by atoms with Gasteiger partial charge in [0.05, 0.1) is 11.0 Å². The van der Waals surface area contributed by atoms with Crippen LogP contribution in [0, 0.1) is 27.7 Å². The van der Waals surface area contributed by atoms with Gasteiger partial charge in [0.25, 0.3) is 0 Å². The van der Waals surface area contributed by atoms with Crippen molar-refractivity contribution < 1.29 is 4.74 Å². The molecule has 0 radical (unpaired) electrons. The van der Waals surface area contributed by atoms with Crippen molar-refractivity contribution in [2.45, 2.75) is 60.5 Å². The van der Waals surface area contributed by atoms with Crippen LogP contribution in [0.5, 0.6) is 5.75 Å². The van der Waals surface area contributed by atoms with Gasteiger partial charge >= 0.3 is 0 Å². The van der Waals surface area contributed by atoms with Crippen LogP contribution < -0.4 is 4.74 Å². The quantitative estimate of drug-likeness (QED) is 0.550. The molecule has 3 rings (SSSR count). The smallest absolute Gasteiger partial charge is 0.150 e. The third-order valence-electron chi connectivity index (χ3n) is 4.64. The molecule has 4 heteroatoms. The number of hydrogen-bond donors (Lipinski definition) is 0. The van der Waals surface area contributed by atoms with E-state index < -0.39 is 0 Å². The maximum Gasteiger partial charge on any atom is 0.150 e. The number of hydrogen-bond acceptors (Lipinski definition) is 4. The van der Waals surface area contributed by atoms with E-state index in [1.54, 1.807) is 0 Å². The number of pyridine rings is 1. The predicted molar refractivity (Wildman–Crippen MR) is 107 cm³/mol. The summed E-state index contributed by atoms with van der Waals surface area (Å²) in [5.41, 5.74) is 7.90. The second kappa shape index (κ2) is 7.12. The van der Waals surface area contributed by atoms with Crippen molar-refractivity contribution in [3.8, 4) is 16.2 Å². The third kappa shape index (κ3) is 3.40. The Morgan fingerprint density at radius 3 is 2.20 bits per heavy atom. The van der Waals surface area contributed by atoms with Gasteiger partial charge in [-0.25, -0.2) is 4.98 Å². The van der Waals surface area contributed by atoms with Gasteiger partial charge in [0.1, 0.15) is 16.8 Å². The van der Waals surface area contributed by atoms with E-state index in [-0.39, 0.29) is 6.10 Å². The lowest BCUT2D eigenvalue weighted by molar-refractivity contribution is 0.195. The van der Waals surface area contributed by atoms with E-state index >= 15 is 0 Å². The minimum Gasteiger partial charge on any atom is -0.488 e. The van der Waals surface area contributed by atoms with Crippen molar-refractivity contribution in [2.75, 3.05) is 0 Å². The van der Waals surface area contributed by atoms with Crippen LogP contribution in [0.2, 0.25) is 0 Å². The van der Waals surface area contributed by atoms with Gasteiger partial charge in [0, 0.05) is 17.3 Å². The highest BCUT2D eigenvalue weighted by atomic mass is 32.1. The molecule has 0 fully saturated rings. The Kier molecular flexibility index (Phi) is 5.09. The molecule has 0 amide bonds. The van der Waals surface area contributed by atoms with Crippen molar-refractivity contribution in [3.63, 3.8) is 0 Å². The standard InChI is InChI=1S/C21H26N2OS/c1-7-16(8-2)24-17-11-15(6)22-20-19(17)23-25-21(20)18-13(4)9-12(3)10-14(18)5/h9-11,16H,7-8H2,1-6H3. The van der Waals surface area contributed by atoms with E-state index in [0.717, 1.165) is 40.2 Å². The average Bonchev–Trinajstić information content (AvgIpc) is 2.95. The van der Waals surface area contributed by atoms with Gasteiger partial charge in [-0.05, 0) is 63.2 Å². The minimum atomic E-state index is 0.220. The van der Waals surface area contributed by atoms with Crippen molar-refractivity contribution in [1.29, 1.82) is 0 Å². The van der Waals surface area contributed by atoms with Gasteiger partial charge in [-0.1, -0.05) is 31.5 Å². The Hall–Kier alpha value is -1.94. The molecule has 1 aromatic carbocycles. The maximum atomic E-state index is 6.24. The fraction of sp³-hybridized carbons (Fsp3) is 0.429. The topological polar surface area (TPSA) is 35.0 Å². The van der Waals surface area contributed by atoms with E-state index in [1.807, 2.05) is 13.0 Å². The Morgan fingerprint density at radius 2 is 1.60 bits per heavy atom. The number of nitrogens with zero attached hydrogens (tertiary/aromatic N) is 2. The normalized spacial score (nSPS) is 11.5. The molecule has 3 aromatic rings. The lowest BCUT2D eigenvalue weighted by atomic mass is 9.98. The second-order valence-corrected chi connectivity index (χ2v) is 7.57. The molecular formula is C21H26N2OS. The Balaban J connectivity index is 2.19. The van der Waals surface area contributed by atoms with Gasteiger partial charge in [-0.15, -0.1) is 0 Å². The molecule has 0 bridgehead atoms. The Morgan fingerprint density at radius 1 is 0.960 bits per heavy atom. The van der Waals surface area contributed by atoms with Crippen LogP contribution in [-0.2, 0) is 0 Å². The van der Waals surface area contributed by atoms with E-state index in [4.69, 9.17) is 14.1 Å². The summed E-state index contributed by atoms with van der Waals surface area (Å²) in [5.74, 6) is 0.862. The number of aromatic nitrogens is 2. The summed E-state index contributed by atoms with van der Waals surface area (Å²) in [5, 5.41) is 0. The summed E-state index contributed by atoms with van der Waals surface area (Å²) >= 11 is 1.52. The molecule has 0 saturated carbocycles. The average molecular weight is 355 g/mol. The van der Waals surface area contributed by atoms with Crippen LogP contribution in [0.25, 0.3) is 21.5 Å². The van der Waals surface area contributed by atoms with Crippen LogP contribution in [0.1, 0.15) is 49.1 Å². The summed E-state index contributed by atoms with van der Waals surface area (Å²) in [6.07, 6.45) is 2.21. The summed E-state index contributed by atoms with van der Waals surface area (Å²) in [6.45, 7) is 12.8. The molecule has 2 aromatic heterocycles. The predicted octanol–water partition coefficient (Wildman–Crippen LogP) is 6.16. The minimum absolute atomic E-state index is 0.220. The first kappa shape index (κ1) is 17.9. The molecule has 0 unspecified atom stereocenters. The molecule has 3 nitrogen and oxygen atoms in total. The number of aryl methyl sites for hydroxylation is 4. The molecule has 0 N–H and O–H groups in total. The molecular weight excluding hydrogens is 328 g/mol. The third-order valence-corrected chi connectivity index (χ3v) is 5.49. The first-order chi connectivity index (χ1) is 11.9. The molecule has 0 spiro atoms. The molecule has 2 heterocycles. The Bertz CT molecular complexity index is 887. The zero-order valence-electron chi connectivity index (χ0n) is 15.9. The summed E-state index contributed by atoms with van der Waals surface area (Å²) in [4.78, 5) is 5.95. The fourth-order valence-corrected chi connectivity index (χ4v) is 4.45. The number of rotatable bonds is 5. The van der Waals surface area contributed by atoms with E-state index in [9.17, 15) is 0 Å². The molecule has 0 aliphatic carbocycles.